The Morgan fingerprint density at radius 1 is 1.41 bits per heavy atom. The number of halogens is 3. The van der Waals surface area contributed by atoms with Crippen molar-refractivity contribution in [1.29, 1.82) is 0 Å². The van der Waals surface area contributed by atoms with Crippen molar-refractivity contribution in [3.05, 3.63) is 30.0 Å². The molecule has 0 fully saturated rings. The highest BCUT2D eigenvalue weighted by atomic mass is 19.4. The van der Waals surface area contributed by atoms with Crippen LogP contribution in [-0.4, -0.2) is 28.8 Å². The number of alkyl halides is 3. The van der Waals surface area contributed by atoms with Gasteiger partial charge in [0.2, 0.25) is 0 Å². The lowest BCUT2D eigenvalue weighted by Gasteiger charge is -2.08. The third-order valence-corrected chi connectivity index (χ3v) is 2.15. The summed E-state index contributed by atoms with van der Waals surface area (Å²) in [5.41, 5.74) is 0.760. The van der Waals surface area contributed by atoms with Gasteiger partial charge >= 0.3 is 6.18 Å². The molecule has 1 heterocycles. The standard InChI is InChI=1S/C10H8F3N3O/c11-10(12,13)5-14-9(17)6-1-2-7-4-15-16-8(7)3-6/h1-4H,5H2,(H,14,17)(H,15,16). The molecule has 4 nitrogen and oxygen atoms in total. The minimum Gasteiger partial charge on any atom is -0.343 e. The fourth-order valence-electron chi connectivity index (χ4n) is 1.36. The van der Waals surface area contributed by atoms with E-state index in [1.807, 2.05) is 0 Å². The molecule has 0 atom stereocenters. The first-order valence-corrected chi connectivity index (χ1v) is 4.74. The number of amides is 1. The molecule has 0 radical (unpaired) electrons. The van der Waals surface area contributed by atoms with Crippen molar-refractivity contribution in [2.45, 2.75) is 6.18 Å². The molecular formula is C10H8F3N3O. The Kier molecular flexibility index (Phi) is 2.74. The molecule has 0 aliphatic heterocycles. The second-order valence-electron chi connectivity index (χ2n) is 3.47. The molecule has 0 spiro atoms. The predicted molar refractivity (Wildman–Crippen MR) is 54.5 cm³/mol. The minimum atomic E-state index is -4.41. The van der Waals surface area contributed by atoms with Gasteiger partial charge in [0.1, 0.15) is 6.54 Å². The zero-order valence-electron chi connectivity index (χ0n) is 8.51. The van der Waals surface area contributed by atoms with E-state index < -0.39 is 18.6 Å². The van der Waals surface area contributed by atoms with Crippen LogP contribution >= 0.6 is 0 Å². The Hall–Kier alpha value is -2.05. The molecular weight excluding hydrogens is 235 g/mol. The van der Waals surface area contributed by atoms with Gasteiger partial charge in [0.15, 0.2) is 0 Å². The molecule has 17 heavy (non-hydrogen) atoms. The summed E-state index contributed by atoms with van der Waals surface area (Å²) in [6, 6.07) is 4.51. The van der Waals surface area contributed by atoms with Crippen LogP contribution in [0.5, 0.6) is 0 Å². The molecule has 0 bridgehead atoms. The van der Waals surface area contributed by atoms with Gasteiger partial charge in [0.25, 0.3) is 5.91 Å². The summed E-state index contributed by atoms with van der Waals surface area (Å²) < 4.78 is 35.7. The van der Waals surface area contributed by atoms with E-state index in [0.717, 1.165) is 5.39 Å². The van der Waals surface area contributed by atoms with Crippen LogP contribution in [0.4, 0.5) is 13.2 Å². The molecule has 1 aromatic heterocycles. The summed E-state index contributed by atoms with van der Waals surface area (Å²) in [5, 5.41) is 8.97. The summed E-state index contributed by atoms with van der Waals surface area (Å²) in [6.07, 6.45) is -2.85. The largest absolute Gasteiger partial charge is 0.405 e. The Bertz CT molecular complexity index is 547. The third-order valence-electron chi connectivity index (χ3n) is 2.15. The number of fused-ring (bicyclic) bond motifs is 1. The minimum absolute atomic E-state index is 0.158. The van der Waals surface area contributed by atoms with Crippen molar-refractivity contribution in [3.8, 4) is 0 Å². The Morgan fingerprint density at radius 3 is 2.88 bits per heavy atom. The second-order valence-corrected chi connectivity index (χ2v) is 3.47. The molecule has 0 saturated heterocycles. The number of benzene rings is 1. The van der Waals surface area contributed by atoms with Gasteiger partial charge < -0.3 is 5.32 Å². The van der Waals surface area contributed by atoms with Crippen LogP contribution in [-0.2, 0) is 0 Å². The summed E-state index contributed by atoms with van der Waals surface area (Å²) in [5.74, 6) is -0.765. The van der Waals surface area contributed by atoms with Crippen molar-refractivity contribution < 1.29 is 18.0 Å². The fraction of sp³-hybridized carbons (Fsp3) is 0.200. The number of carbonyl (C=O) groups excluding carboxylic acids is 1. The highest BCUT2D eigenvalue weighted by Gasteiger charge is 2.27. The molecule has 90 valence electrons. The molecule has 1 amide bonds. The van der Waals surface area contributed by atoms with Gasteiger partial charge in [-0.3, -0.25) is 9.89 Å². The Morgan fingerprint density at radius 2 is 2.18 bits per heavy atom. The fourth-order valence-corrected chi connectivity index (χ4v) is 1.36. The van der Waals surface area contributed by atoms with E-state index in [4.69, 9.17) is 0 Å². The first-order chi connectivity index (χ1) is 7.96. The van der Waals surface area contributed by atoms with E-state index in [-0.39, 0.29) is 5.56 Å². The zero-order valence-corrected chi connectivity index (χ0v) is 8.51. The average Bonchev–Trinajstić information content (AvgIpc) is 2.71. The normalized spacial score (nSPS) is 11.7. The third kappa shape index (κ3) is 2.74. The summed E-state index contributed by atoms with van der Waals surface area (Å²) >= 11 is 0. The van der Waals surface area contributed by atoms with E-state index in [1.165, 1.54) is 12.1 Å². The van der Waals surface area contributed by atoms with Crippen LogP contribution < -0.4 is 5.32 Å². The van der Waals surface area contributed by atoms with Gasteiger partial charge in [-0.25, -0.2) is 0 Å². The number of aromatic nitrogens is 2. The number of rotatable bonds is 2. The van der Waals surface area contributed by atoms with Crippen LogP contribution in [0, 0.1) is 0 Å². The number of H-pyrrole nitrogens is 1. The topological polar surface area (TPSA) is 57.8 Å². The lowest BCUT2D eigenvalue weighted by molar-refractivity contribution is -0.123. The van der Waals surface area contributed by atoms with Crippen LogP contribution in [0.15, 0.2) is 24.4 Å². The number of nitrogens with one attached hydrogen (secondary N) is 2. The molecule has 0 aliphatic rings. The molecule has 7 heteroatoms. The van der Waals surface area contributed by atoms with Gasteiger partial charge in [-0.15, -0.1) is 0 Å². The van der Waals surface area contributed by atoms with Crippen molar-refractivity contribution in [2.75, 3.05) is 6.54 Å². The summed E-state index contributed by atoms with van der Waals surface area (Å²) in [4.78, 5) is 11.4. The molecule has 2 N–H and O–H groups in total. The summed E-state index contributed by atoms with van der Waals surface area (Å²) in [7, 11) is 0. The molecule has 0 aliphatic carbocycles. The Labute approximate surface area is 93.8 Å². The van der Waals surface area contributed by atoms with Gasteiger partial charge in [-0.1, -0.05) is 6.07 Å². The van der Waals surface area contributed by atoms with Gasteiger partial charge in [0.05, 0.1) is 11.7 Å². The lowest BCUT2D eigenvalue weighted by Crippen LogP contribution is -2.33. The van der Waals surface area contributed by atoms with E-state index in [1.54, 1.807) is 17.6 Å². The maximum Gasteiger partial charge on any atom is 0.405 e. The van der Waals surface area contributed by atoms with Gasteiger partial charge in [-0.2, -0.15) is 18.3 Å². The first-order valence-electron chi connectivity index (χ1n) is 4.74. The molecule has 2 aromatic rings. The quantitative estimate of drug-likeness (QED) is 0.845. The van der Waals surface area contributed by atoms with Gasteiger partial charge in [-0.05, 0) is 12.1 Å². The maximum absolute atomic E-state index is 11.9. The number of hydrogen-bond acceptors (Lipinski definition) is 2. The molecule has 1 aromatic carbocycles. The molecule has 0 saturated carbocycles. The van der Waals surface area contributed by atoms with Crippen molar-refractivity contribution in [3.63, 3.8) is 0 Å². The van der Waals surface area contributed by atoms with Crippen LogP contribution in [0.25, 0.3) is 10.9 Å². The smallest absolute Gasteiger partial charge is 0.343 e. The van der Waals surface area contributed by atoms with Crippen molar-refractivity contribution in [2.24, 2.45) is 0 Å². The maximum atomic E-state index is 11.9. The Balaban J connectivity index is 2.13. The first kappa shape index (κ1) is 11.4. The van der Waals surface area contributed by atoms with Crippen molar-refractivity contribution in [1.82, 2.24) is 15.5 Å². The average molecular weight is 243 g/mol. The van der Waals surface area contributed by atoms with E-state index in [9.17, 15) is 18.0 Å². The lowest BCUT2D eigenvalue weighted by atomic mass is 10.1. The second kappa shape index (κ2) is 4.08. The number of hydrogen-bond donors (Lipinski definition) is 2. The highest BCUT2D eigenvalue weighted by molar-refractivity contribution is 5.97. The van der Waals surface area contributed by atoms with Gasteiger partial charge in [0, 0.05) is 10.9 Å². The zero-order chi connectivity index (χ0) is 12.5. The summed E-state index contributed by atoms with van der Waals surface area (Å²) in [6.45, 7) is -1.34. The van der Waals surface area contributed by atoms with E-state index in [0.29, 0.717) is 5.52 Å². The predicted octanol–water partition coefficient (Wildman–Crippen LogP) is 1.85. The molecule has 2 rings (SSSR count). The number of aromatic amines is 1. The van der Waals surface area contributed by atoms with Crippen molar-refractivity contribution >= 4 is 16.8 Å². The van der Waals surface area contributed by atoms with E-state index in [2.05, 4.69) is 10.2 Å². The number of nitrogens with zero attached hydrogens (tertiary/aromatic N) is 1. The van der Waals surface area contributed by atoms with Crippen LogP contribution in [0.3, 0.4) is 0 Å². The monoisotopic (exact) mass is 243 g/mol. The van der Waals surface area contributed by atoms with Crippen LogP contribution in [0.2, 0.25) is 0 Å². The molecule has 0 unspecified atom stereocenters. The van der Waals surface area contributed by atoms with E-state index >= 15 is 0 Å². The highest BCUT2D eigenvalue weighted by Crippen LogP contribution is 2.14. The number of carbonyl (C=O) groups is 1. The SMILES string of the molecule is O=C(NCC(F)(F)F)c1ccc2cn[nH]c2c1. The van der Waals surface area contributed by atoms with Crippen LogP contribution in [0.1, 0.15) is 10.4 Å².